The van der Waals surface area contributed by atoms with Crippen molar-refractivity contribution in [2.24, 2.45) is 0 Å². The molecule has 2 heterocycles. The number of hydrogen-bond donors (Lipinski definition) is 2. The van der Waals surface area contributed by atoms with Crippen LogP contribution >= 0.6 is 0 Å². The zero-order chi connectivity index (χ0) is 13.0. The molecule has 18 heavy (non-hydrogen) atoms. The Balaban J connectivity index is 2.04. The van der Waals surface area contributed by atoms with E-state index in [1.165, 1.54) is 12.3 Å². The van der Waals surface area contributed by atoms with Gasteiger partial charge in [0.1, 0.15) is 11.3 Å². The number of hydrogen-bond acceptors (Lipinski definition) is 4. The molecule has 0 amide bonds. The number of piperidine rings is 1. The smallest absolute Gasteiger partial charge is 0.339 e. The van der Waals surface area contributed by atoms with Gasteiger partial charge in [0, 0.05) is 6.04 Å². The average Bonchev–Trinajstić information content (AvgIpc) is 2.85. The van der Waals surface area contributed by atoms with Crippen molar-refractivity contribution in [3.63, 3.8) is 0 Å². The molecular weight excluding hydrogens is 232 g/mol. The second-order valence-electron chi connectivity index (χ2n) is 4.61. The quantitative estimate of drug-likeness (QED) is 0.832. The fourth-order valence-electron chi connectivity index (χ4n) is 2.51. The molecular formula is C13H20N2O3. The maximum Gasteiger partial charge on any atom is 0.339 e. The van der Waals surface area contributed by atoms with Crippen molar-refractivity contribution < 1.29 is 14.3 Å². The molecule has 0 bridgehead atoms. The minimum atomic E-state index is -0.917. The van der Waals surface area contributed by atoms with Crippen LogP contribution in [0.5, 0.6) is 0 Å². The second kappa shape index (κ2) is 6.02. The van der Waals surface area contributed by atoms with E-state index in [0.717, 1.165) is 32.5 Å². The summed E-state index contributed by atoms with van der Waals surface area (Å²) in [5, 5.41) is 12.4. The third kappa shape index (κ3) is 2.91. The highest BCUT2D eigenvalue weighted by molar-refractivity contribution is 5.88. The number of carbonyl (C=O) groups is 1. The van der Waals surface area contributed by atoms with E-state index in [0.29, 0.717) is 18.3 Å². The molecule has 5 heteroatoms. The van der Waals surface area contributed by atoms with E-state index in [9.17, 15) is 4.79 Å². The molecule has 0 saturated carbocycles. The lowest BCUT2D eigenvalue weighted by molar-refractivity contribution is 0.0690. The monoisotopic (exact) mass is 252 g/mol. The molecule has 0 aromatic carbocycles. The van der Waals surface area contributed by atoms with Gasteiger partial charge in [-0.2, -0.15) is 0 Å². The van der Waals surface area contributed by atoms with Gasteiger partial charge in [-0.15, -0.1) is 0 Å². The number of furan rings is 1. The Kier molecular flexibility index (Phi) is 4.38. The summed E-state index contributed by atoms with van der Waals surface area (Å²) in [6.45, 7) is 5.65. The first-order valence-electron chi connectivity index (χ1n) is 6.46. The van der Waals surface area contributed by atoms with Gasteiger partial charge in [-0.05, 0) is 38.5 Å². The van der Waals surface area contributed by atoms with E-state index >= 15 is 0 Å². The lowest BCUT2D eigenvalue weighted by Crippen LogP contribution is -2.42. The van der Waals surface area contributed by atoms with E-state index in [2.05, 4.69) is 17.1 Å². The third-order valence-corrected chi connectivity index (χ3v) is 3.55. The minimum Gasteiger partial charge on any atom is -0.478 e. The Hall–Kier alpha value is -1.33. The van der Waals surface area contributed by atoms with Gasteiger partial charge < -0.3 is 14.8 Å². The summed E-state index contributed by atoms with van der Waals surface area (Å²) in [4.78, 5) is 13.3. The molecule has 5 nitrogen and oxygen atoms in total. The number of carboxylic acids is 1. The summed E-state index contributed by atoms with van der Waals surface area (Å²) >= 11 is 0. The third-order valence-electron chi connectivity index (χ3n) is 3.55. The first kappa shape index (κ1) is 13.1. The minimum absolute atomic E-state index is 0.280. The number of nitrogens with one attached hydrogen (secondary N) is 1. The maximum atomic E-state index is 11.0. The molecule has 0 aliphatic carbocycles. The van der Waals surface area contributed by atoms with Crippen molar-refractivity contribution in [3.8, 4) is 0 Å². The number of nitrogens with zero attached hydrogens (tertiary/aromatic N) is 1. The average molecular weight is 252 g/mol. The number of carboxylic acid groups (broad SMARTS) is 1. The molecule has 100 valence electrons. The summed E-state index contributed by atoms with van der Waals surface area (Å²) in [6, 6.07) is 2.04. The predicted molar refractivity (Wildman–Crippen MR) is 67.6 cm³/mol. The van der Waals surface area contributed by atoms with Crippen molar-refractivity contribution in [1.82, 2.24) is 10.2 Å². The van der Waals surface area contributed by atoms with E-state index in [-0.39, 0.29) is 5.56 Å². The van der Waals surface area contributed by atoms with E-state index in [4.69, 9.17) is 9.52 Å². The van der Waals surface area contributed by atoms with Gasteiger partial charge in [-0.25, -0.2) is 4.79 Å². The predicted octanol–water partition coefficient (Wildman–Crippen LogP) is 1.55. The van der Waals surface area contributed by atoms with Gasteiger partial charge in [0.05, 0.1) is 12.8 Å². The van der Waals surface area contributed by atoms with Crippen LogP contribution in [0.2, 0.25) is 0 Å². The van der Waals surface area contributed by atoms with Crippen molar-refractivity contribution in [3.05, 3.63) is 23.7 Å². The molecule has 1 fully saturated rings. The molecule has 0 spiro atoms. The van der Waals surface area contributed by atoms with Crippen LogP contribution in [-0.4, -0.2) is 41.7 Å². The van der Waals surface area contributed by atoms with Gasteiger partial charge in [-0.1, -0.05) is 6.92 Å². The van der Waals surface area contributed by atoms with Crippen LogP contribution in [0, 0.1) is 0 Å². The highest BCUT2D eigenvalue weighted by atomic mass is 16.4. The molecule has 1 aromatic heterocycles. The SMILES string of the molecule is CCN(Cc1occc1C(=O)O)C1CCNCC1. The summed E-state index contributed by atoms with van der Waals surface area (Å²) < 4.78 is 5.31. The standard InChI is InChI=1S/C13H20N2O3/c1-2-15(10-3-6-14-7-4-10)9-12-11(13(16)17)5-8-18-12/h5,8,10,14H,2-4,6-7,9H2,1H3,(H,16,17). The van der Waals surface area contributed by atoms with Gasteiger partial charge in [0.25, 0.3) is 0 Å². The zero-order valence-corrected chi connectivity index (χ0v) is 10.7. The lowest BCUT2D eigenvalue weighted by Gasteiger charge is -2.33. The molecule has 0 unspecified atom stereocenters. The van der Waals surface area contributed by atoms with Crippen LogP contribution < -0.4 is 5.32 Å². The molecule has 2 rings (SSSR count). The highest BCUT2D eigenvalue weighted by Gasteiger charge is 2.23. The lowest BCUT2D eigenvalue weighted by atomic mass is 10.0. The van der Waals surface area contributed by atoms with Gasteiger partial charge >= 0.3 is 5.97 Å². The van der Waals surface area contributed by atoms with Gasteiger partial charge in [0.15, 0.2) is 0 Å². The maximum absolute atomic E-state index is 11.0. The van der Waals surface area contributed by atoms with Crippen LogP contribution in [0.15, 0.2) is 16.7 Å². The highest BCUT2D eigenvalue weighted by Crippen LogP contribution is 2.18. The molecule has 1 aromatic rings. The molecule has 1 aliphatic heterocycles. The first-order chi connectivity index (χ1) is 8.72. The molecule has 2 N–H and O–H groups in total. The summed E-state index contributed by atoms with van der Waals surface area (Å²) in [5.74, 6) is -0.358. The Labute approximate surface area is 107 Å². The molecule has 0 radical (unpaired) electrons. The van der Waals surface area contributed by atoms with Crippen molar-refractivity contribution in [1.29, 1.82) is 0 Å². The normalized spacial score (nSPS) is 17.2. The van der Waals surface area contributed by atoms with Gasteiger partial charge in [-0.3, -0.25) is 4.90 Å². The van der Waals surface area contributed by atoms with Crippen LogP contribution in [0.3, 0.4) is 0 Å². The van der Waals surface area contributed by atoms with Crippen molar-refractivity contribution in [2.45, 2.75) is 32.4 Å². The van der Waals surface area contributed by atoms with Crippen LogP contribution in [0.1, 0.15) is 35.9 Å². The first-order valence-corrected chi connectivity index (χ1v) is 6.46. The fourth-order valence-corrected chi connectivity index (χ4v) is 2.51. The summed E-state index contributed by atoms with van der Waals surface area (Å²) in [7, 11) is 0. The van der Waals surface area contributed by atoms with Crippen molar-refractivity contribution >= 4 is 5.97 Å². The largest absolute Gasteiger partial charge is 0.478 e. The zero-order valence-electron chi connectivity index (χ0n) is 10.7. The van der Waals surface area contributed by atoms with Crippen molar-refractivity contribution in [2.75, 3.05) is 19.6 Å². The Morgan fingerprint density at radius 1 is 1.56 bits per heavy atom. The van der Waals surface area contributed by atoms with Crippen LogP contribution in [-0.2, 0) is 6.54 Å². The Morgan fingerprint density at radius 3 is 2.89 bits per heavy atom. The summed E-state index contributed by atoms with van der Waals surface area (Å²) in [6.07, 6.45) is 3.67. The Bertz CT molecular complexity index is 397. The Morgan fingerprint density at radius 2 is 2.28 bits per heavy atom. The molecule has 1 aliphatic rings. The van der Waals surface area contributed by atoms with E-state index < -0.39 is 5.97 Å². The summed E-state index contributed by atoms with van der Waals surface area (Å²) in [5.41, 5.74) is 0.280. The number of rotatable bonds is 5. The van der Waals surface area contributed by atoms with E-state index in [1.807, 2.05) is 0 Å². The fraction of sp³-hybridized carbons (Fsp3) is 0.615. The molecule has 1 saturated heterocycles. The van der Waals surface area contributed by atoms with Crippen LogP contribution in [0.25, 0.3) is 0 Å². The number of aromatic carboxylic acids is 1. The van der Waals surface area contributed by atoms with E-state index in [1.54, 1.807) is 0 Å². The second-order valence-corrected chi connectivity index (χ2v) is 4.61. The molecule has 0 atom stereocenters. The van der Waals surface area contributed by atoms with Gasteiger partial charge in [0.2, 0.25) is 0 Å². The van der Waals surface area contributed by atoms with Crippen LogP contribution in [0.4, 0.5) is 0 Å². The topological polar surface area (TPSA) is 65.7 Å².